The molecule has 1 aliphatic rings. The number of hydrogen-bond acceptors (Lipinski definition) is 2. The first-order valence-electron chi connectivity index (χ1n) is 7.27. The molecule has 0 unspecified atom stereocenters. The second-order valence-electron chi connectivity index (χ2n) is 5.45. The van der Waals surface area contributed by atoms with Gasteiger partial charge in [0, 0.05) is 12.0 Å². The Morgan fingerprint density at radius 2 is 2.11 bits per heavy atom. The van der Waals surface area contributed by atoms with Gasteiger partial charge in [-0.2, -0.15) is 0 Å². The Labute approximate surface area is 116 Å². The van der Waals surface area contributed by atoms with Gasteiger partial charge in [-0.15, -0.1) is 0 Å². The van der Waals surface area contributed by atoms with Crippen molar-refractivity contribution >= 4 is 0 Å². The monoisotopic (exact) mass is 259 g/mol. The lowest BCUT2D eigenvalue weighted by atomic mass is 9.78. The number of methoxy groups -OCH3 is 1. The van der Waals surface area contributed by atoms with E-state index in [0.717, 1.165) is 18.7 Å². The topological polar surface area (TPSA) is 21.3 Å². The summed E-state index contributed by atoms with van der Waals surface area (Å²) >= 11 is 0. The highest BCUT2D eigenvalue weighted by Crippen LogP contribution is 2.41. The summed E-state index contributed by atoms with van der Waals surface area (Å²) < 4.78 is 5.44. The first-order valence-corrected chi connectivity index (χ1v) is 7.27. The molecule has 0 radical (unpaired) electrons. The van der Waals surface area contributed by atoms with Crippen LogP contribution < -0.4 is 10.1 Å². The molecule has 2 nitrogen and oxygen atoms in total. The van der Waals surface area contributed by atoms with Crippen molar-refractivity contribution in [2.75, 3.05) is 13.7 Å². The van der Waals surface area contributed by atoms with Crippen molar-refractivity contribution in [3.63, 3.8) is 0 Å². The second-order valence-corrected chi connectivity index (χ2v) is 5.45. The average molecular weight is 259 g/mol. The fourth-order valence-corrected chi connectivity index (χ4v) is 3.27. The van der Waals surface area contributed by atoms with E-state index in [1.54, 1.807) is 7.11 Å². The number of benzene rings is 1. The SMILES string of the molecule is C=CNCC1(c2ccc(OC)c(CC)c2)CCCC1. The Hall–Kier alpha value is -1.44. The van der Waals surface area contributed by atoms with E-state index in [4.69, 9.17) is 4.74 Å². The number of ether oxygens (including phenoxy) is 1. The maximum atomic E-state index is 5.44. The lowest BCUT2D eigenvalue weighted by Gasteiger charge is -2.30. The Kier molecular flexibility index (Phi) is 4.52. The molecule has 2 rings (SSSR count). The summed E-state index contributed by atoms with van der Waals surface area (Å²) in [5, 5.41) is 3.33. The summed E-state index contributed by atoms with van der Waals surface area (Å²) in [6, 6.07) is 6.71. The Morgan fingerprint density at radius 1 is 1.37 bits per heavy atom. The molecule has 0 amide bonds. The third kappa shape index (κ3) is 2.78. The van der Waals surface area contributed by atoms with Crippen molar-refractivity contribution in [2.45, 2.75) is 44.4 Å². The van der Waals surface area contributed by atoms with E-state index in [2.05, 4.69) is 37.0 Å². The molecule has 1 aromatic carbocycles. The molecule has 2 heteroatoms. The first kappa shape index (κ1) is 14.0. The Morgan fingerprint density at radius 3 is 2.68 bits per heavy atom. The Balaban J connectivity index is 2.33. The average Bonchev–Trinajstić information content (AvgIpc) is 2.94. The van der Waals surface area contributed by atoms with Crippen LogP contribution in [-0.4, -0.2) is 13.7 Å². The molecule has 1 aliphatic carbocycles. The standard InChI is InChI=1S/C17H25NO/c1-4-14-12-15(8-9-16(14)19-3)17(13-18-5-2)10-6-7-11-17/h5,8-9,12,18H,2,4,6-7,10-11,13H2,1,3H3. The Bertz CT molecular complexity index is 433. The lowest BCUT2D eigenvalue weighted by molar-refractivity contribution is 0.405. The van der Waals surface area contributed by atoms with Crippen LogP contribution in [0.1, 0.15) is 43.7 Å². The molecule has 1 aromatic rings. The van der Waals surface area contributed by atoms with Crippen LogP contribution in [0.25, 0.3) is 0 Å². The first-order chi connectivity index (χ1) is 9.25. The molecule has 104 valence electrons. The lowest BCUT2D eigenvalue weighted by Crippen LogP contribution is -2.33. The van der Waals surface area contributed by atoms with Gasteiger partial charge in [-0.1, -0.05) is 38.5 Å². The maximum Gasteiger partial charge on any atom is 0.122 e. The van der Waals surface area contributed by atoms with Gasteiger partial charge in [0.15, 0.2) is 0 Å². The largest absolute Gasteiger partial charge is 0.496 e. The normalized spacial score (nSPS) is 17.2. The zero-order valence-corrected chi connectivity index (χ0v) is 12.2. The molecule has 19 heavy (non-hydrogen) atoms. The van der Waals surface area contributed by atoms with Crippen LogP contribution in [0.15, 0.2) is 31.0 Å². The zero-order valence-electron chi connectivity index (χ0n) is 12.2. The van der Waals surface area contributed by atoms with Crippen molar-refractivity contribution in [3.05, 3.63) is 42.1 Å². The van der Waals surface area contributed by atoms with Crippen molar-refractivity contribution in [2.24, 2.45) is 0 Å². The molecule has 0 bridgehead atoms. The van der Waals surface area contributed by atoms with Gasteiger partial charge in [0.25, 0.3) is 0 Å². The minimum absolute atomic E-state index is 0.282. The highest BCUT2D eigenvalue weighted by atomic mass is 16.5. The summed E-state index contributed by atoms with van der Waals surface area (Å²) in [6.45, 7) is 6.95. The van der Waals surface area contributed by atoms with E-state index < -0.39 is 0 Å². The third-order valence-corrected chi connectivity index (χ3v) is 4.42. The second kappa shape index (κ2) is 6.14. The third-order valence-electron chi connectivity index (χ3n) is 4.42. The van der Waals surface area contributed by atoms with Crippen LogP contribution >= 0.6 is 0 Å². The number of nitrogens with one attached hydrogen (secondary N) is 1. The van der Waals surface area contributed by atoms with Crippen molar-refractivity contribution in [1.29, 1.82) is 0 Å². The van der Waals surface area contributed by atoms with E-state index in [0.29, 0.717) is 0 Å². The molecule has 0 saturated heterocycles. The van der Waals surface area contributed by atoms with E-state index in [-0.39, 0.29) is 5.41 Å². The summed E-state index contributed by atoms with van der Waals surface area (Å²) in [4.78, 5) is 0. The molecule has 1 fully saturated rings. The molecule has 1 saturated carbocycles. The molecule has 0 heterocycles. The van der Waals surface area contributed by atoms with Crippen molar-refractivity contribution < 1.29 is 4.74 Å². The van der Waals surface area contributed by atoms with Crippen molar-refractivity contribution in [1.82, 2.24) is 5.32 Å². The molecule has 0 atom stereocenters. The number of rotatable bonds is 6. The van der Waals surface area contributed by atoms with E-state index in [1.165, 1.54) is 36.8 Å². The summed E-state index contributed by atoms with van der Waals surface area (Å²) in [5.41, 5.74) is 3.05. The zero-order chi connectivity index (χ0) is 13.7. The maximum absolute atomic E-state index is 5.44. The molecule has 0 aliphatic heterocycles. The quantitative estimate of drug-likeness (QED) is 0.839. The van der Waals surface area contributed by atoms with Crippen molar-refractivity contribution in [3.8, 4) is 5.75 Å². The van der Waals surface area contributed by atoms with Gasteiger partial charge in [0.05, 0.1) is 7.11 Å². The molecule has 0 aromatic heterocycles. The van der Waals surface area contributed by atoms with E-state index in [1.807, 2.05) is 6.20 Å². The predicted molar refractivity (Wildman–Crippen MR) is 80.7 cm³/mol. The highest BCUT2D eigenvalue weighted by Gasteiger charge is 2.35. The van der Waals surface area contributed by atoms with Crippen LogP contribution in [0, 0.1) is 0 Å². The van der Waals surface area contributed by atoms with Gasteiger partial charge >= 0.3 is 0 Å². The van der Waals surface area contributed by atoms with Gasteiger partial charge in [-0.05, 0) is 42.7 Å². The fourth-order valence-electron chi connectivity index (χ4n) is 3.27. The highest BCUT2D eigenvalue weighted by molar-refractivity contribution is 5.41. The number of hydrogen-bond donors (Lipinski definition) is 1. The van der Waals surface area contributed by atoms with Gasteiger partial charge in [-0.25, -0.2) is 0 Å². The van der Waals surface area contributed by atoms with Crippen LogP contribution in [0.5, 0.6) is 5.75 Å². The molecular weight excluding hydrogens is 234 g/mol. The summed E-state index contributed by atoms with van der Waals surface area (Å²) in [6.07, 6.45) is 8.01. The van der Waals surface area contributed by atoms with Crippen LogP contribution in [-0.2, 0) is 11.8 Å². The van der Waals surface area contributed by atoms with Gasteiger partial charge < -0.3 is 10.1 Å². The van der Waals surface area contributed by atoms with Crippen LogP contribution in [0.3, 0.4) is 0 Å². The van der Waals surface area contributed by atoms with Crippen LogP contribution in [0.2, 0.25) is 0 Å². The molecular formula is C17H25NO. The summed E-state index contributed by atoms with van der Waals surface area (Å²) in [5.74, 6) is 1.01. The molecule has 1 N–H and O–H groups in total. The minimum Gasteiger partial charge on any atom is -0.496 e. The predicted octanol–water partition coefficient (Wildman–Crippen LogP) is 3.80. The van der Waals surface area contributed by atoms with Gasteiger partial charge in [0.2, 0.25) is 0 Å². The van der Waals surface area contributed by atoms with E-state index >= 15 is 0 Å². The fraction of sp³-hybridized carbons (Fsp3) is 0.529. The van der Waals surface area contributed by atoms with Gasteiger partial charge in [-0.3, -0.25) is 0 Å². The number of aryl methyl sites for hydroxylation is 1. The summed E-state index contributed by atoms with van der Waals surface area (Å²) in [7, 11) is 1.75. The van der Waals surface area contributed by atoms with E-state index in [9.17, 15) is 0 Å². The minimum atomic E-state index is 0.282. The molecule has 0 spiro atoms. The smallest absolute Gasteiger partial charge is 0.122 e. The van der Waals surface area contributed by atoms with Crippen LogP contribution in [0.4, 0.5) is 0 Å². The van der Waals surface area contributed by atoms with Gasteiger partial charge in [0.1, 0.15) is 5.75 Å².